The first-order valence-corrected chi connectivity index (χ1v) is 4.89. The molecule has 0 heterocycles. The number of para-hydroxylation sites is 1. The molecule has 68 valence electrons. The molecule has 0 saturated heterocycles. The molecule has 0 atom stereocenters. The Morgan fingerprint density at radius 3 is 1.75 bits per heavy atom. The fourth-order valence-corrected chi connectivity index (χ4v) is 0.453. The predicted molar refractivity (Wildman–Crippen MR) is 46.8 cm³/mol. The number of halogens is 1. The summed E-state index contributed by atoms with van der Waals surface area (Å²) in [6.07, 6.45) is 0.493. The van der Waals surface area contributed by atoms with Gasteiger partial charge in [0.15, 0.2) is 0 Å². The first-order chi connectivity index (χ1) is 5.39. The molecule has 0 aromatic heterocycles. The van der Waals surface area contributed by atoms with Crippen molar-refractivity contribution in [3.8, 4) is 0 Å². The summed E-state index contributed by atoms with van der Waals surface area (Å²) in [7, 11) is -4.17. The van der Waals surface area contributed by atoms with E-state index in [4.69, 9.17) is 14.2 Å². The molecular formula is C7H10FNO2S. The molecule has 0 unspecified atom stereocenters. The van der Waals surface area contributed by atoms with E-state index in [-0.39, 0.29) is 0 Å². The SMILES string of the molecule is CS(=O)(=O)F.Nc1ccccc1. The van der Waals surface area contributed by atoms with E-state index in [0.29, 0.717) is 6.26 Å². The number of anilines is 1. The third-order valence-electron chi connectivity index (χ3n) is 0.800. The molecule has 1 aromatic rings. The van der Waals surface area contributed by atoms with Crippen molar-refractivity contribution in [3.63, 3.8) is 0 Å². The number of hydrogen-bond acceptors (Lipinski definition) is 3. The molecule has 1 aromatic carbocycles. The van der Waals surface area contributed by atoms with Gasteiger partial charge in [0, 0.05) is 5.69 Å². The highest BCUT2D eigenvalue weighted by molar-refractivity contribution is 7.85. The summed E-state index contributed by atoms with van der Waals surface area (Å²) in [4.78, 5) is 0. The van der Waals surface area contributed by atoms with Gasteiger partial charge >= 0.3 is 0 Å². The lowest BCUT2D eigenvalue weighted by atomic mass is 10.3. The Morgan fingerprint density at radius 2 is 1.58 bits per heavy atom. The van der Waals surface area contributed by atoms with Gasteiger partial charge in [0.05, 0.1) is 6.26 Å². The quantitative estimate of drug-likeness (QED) is 0.495. The molecule has 0 fully saturated rings. The molecule has 5 heteroatoms. The Balaban J connectivity index is 0.000000217. The van der Waals surface area contributed by atoms with Crippen molar-refractivity contribution >= 4 is 15.9 Å². The van der Waals surface area contributed by atoms with Crippen molar-refractivity contribution in [2.45, 2.75) is 0 Å². The fraction of sp³-hybridized carbons (Fsp3) is 0.143. The Bertz CT molecular complexity index is 301. The maximum atomic E-state index is 10.7. The zero-order chi connectivity index (χ0) is 9.61. The third kappa shape index (κ3) is 11.7. The highest BCUT2D eigenvalue weighted by atomic mass is 32.3. The van der Waals surface area contributed by atoms with E-state index >= 15 is 0 Å². The van der Waals surface area contributed by atoms with E-state index in [1.54, 1.807) is 0 Å². The maximum absolute atomic E-state index is 10.7. The Labute approximate surface area is 71.2 Å². The molecule has 3 nitrogen and oxygen atoms in total. The topological polar surface area (TPSA) is 60.2 Å². The third-order valence-corrected chi connectivity index (χ3v) is 0.800. The van der Waals surface area contributed by atoms with Gasteiger partial charge in [-0.2, -0.15) is 8.42 Å². The van der Waals surface area contributed by atoms with Gasteiger partial charge in [-0.15, -0.1) is 3.89 Å². The van der Waals surface area contributed by atoms with Crippen LogP contribution >= 0.6 is 0 Å². The lowest BCUT2D eigenvalue weighted by Gasteiger charge is -1.83. The minimum atomic E-state index is -4.17. The van der Waals surface area contributed by atoms with E-state index in [1.165, 1.54) is 0 Å². The predicted octanol–water partition coefficient (Wildman–Crippen LogP) is 1.18. The lowest BCUT2D eigenvalue weighted by molar-refractivity contribution is 0.559. The lowest BCUT2D eigenvalue weighted by Crippen LogP contribution is -1.79. The molecule has 0 bridgehead atoms. The van der Waals surface area contributed by atoms with Crippen LogP contribution in [0.1, 0.15) is 0 Å². The molecule has 0 spiro atoms. The molecule has 0 amide bonds. The number of nitrogen functional groups attached to an aromatic ring is 1. The molecule has 0 aliphatic rings. The molecule has 0 aliphatic heterocycles. The van der Waals surface area contributed by atoms with E-state index < -0.39 is 10.2 Å². The van der Waals surface area contributed by atoms with Crippen LogP contribution in [0.25, 0.3) is 0 Å². The first kappa shape index (κ1) is 10.9. The summed E-state index contributed by atoms with van der Waals surface area (Å²) in [6.45, 7) is 0. The standard InChI is InChI=1S/C6H7N.CH3FO2S/c7-6-4-2-1-3-5-6;1-5(2,3)4/h1-5H,7H2;1H3. The van der Waals surface area contributed by atoms with E-state index in [9.17, 15) is 3.89 Å². The van der Waals surface area contributed by atoms with Crippen LogP contribution in [-0.4, -0.2) is 14.7 Å². The fourth-order valence-electron chi connectivity index (χ4n) is 0.453. The van der Waals surface area contributed by atoms with Crippen LogP contribution in [0.15, 0.2) is 30.3 Å². The largest absolute Gasteiger partial charge is 0.399 e. The second-order valence-electron chi connectivity index (χ2n) is 2.09. The van der Waals surface area contributed by atoms with Crippen LogP contribution < -0.4 is 5.73 Å². The van der Waals surface area contributed by atoms with Gasteiger partial charge in [0.1, 0.15) is 0 Å². The average molecular weight is 191 g/mol. The van der Waals surface area contributed by atoms with Crippen molar-refractivity contribution < 1.29 is 12.3 Å². The monoisotopic (exact) mass is 191 g/mol. The zero-order valence-electron chi connectivity index (χ0n) is 6.57. The van der Waals surface area contributed by atoms with Crippen LogP contribution in [0.5, 0.6) is 0 Å². The maximum Gasteiger partial charge on any atom is 0.299 e. The summed E-state index contributed by atoms with van der Waals surface area (Å²) >= 11 is 0. The molecule has 0 saturated carbocycles. The van der Waals surface area contributed by atoms with Crippen LogP contribution in [0.4, 0.5) is 9.57 Å². The van der Waals surface area contributed by atoms with Gasteiger partial charge in [-0.25, -0.2) is 0 Å². The van der Waals surface area contributed by atoms with Crippen LogP contribution in [0.2, 0.25) is 0 Å². The minimum absolute atomic E-state index is 0.493. The summed E-state index contributed by atoms with van der Waals surface area (Å²) in [5, 5.41) is 0. The van der Waals surface area contributed by atoms with Gasteiger partial charge < -0.3 is 5.73 Å². The number of hydrogen-bond donors (Lipinski definition) is 1. The summed E-state index contributed by atoms with van der Waals surface area (Å²) in [5.41, 5.74) is 6.18. The molecular weight excluding hydrogens is 181 g/mol. The van der Waals surface area contributed by atoms with Crippen molar-refractivity contribution in [1.29, 1.82) is 0 Å². The second-order valence-corrected chi connectivity index (χ2v) is 3.46. The zero-order valence-corrected chi connectivity index (χ0v) is 7.38. The summed E-state index contributed by atoms with van der Waals surface area (Å²) in [6, 6.07) is 9.49. The van der Waals surface area contributed by atoms with E-state index in [1.807, 2.05) is 30.3 Å². The van der Waals surface area contributed by atoms with Crippen molar-refractivity contribution in [2.24, 2.45) is 0 Å². The molecule has 2 N–H and O–H groups in total. The van der Waals surface area contributed by atoms with Gasteiger partial charge in [-0.1, -0.05) is 18.2 Å². The second kappa shape index (κ2) is 4.71. The van der Waals surface area contributed by atoms with Crippen LogP contribution in [0.3, 0.4) is 0 Å². The molecule has 0 radical (unpaired) electrons. The van der Waals surface area contributed by atoms with Crippen LogP contribution in [-0.2, 0) is 10.2 Å². The Morgan fingerprint density at radius 1 is 1.25 bits per heavy atom. The average Bonchev–Trinajstić information content (AvgIpc) is 1.85. The van der Waals surface area contributed by atoms with Crippen molar-refractivity contribution in [3.05, 3.63) is 30.3 Å². The normalized spacial score (nSPS) is 9.83. The van der Waals surface area contributed by atoms with Gasteiger partial charge in [-0.3, -0.25) is 0 Å². The van der Waals surface area contributed by atoms with Gasteiger partial charge in [-0.05, 0) is 12.1 Å². The van der Waals surface area contributed by atoms with Crippen molar-refractivity contribution in [1.82, 2.24) is 0 Å². The molecule has 1 rings (SSSR count). The number of nitrogens with two attached hydrogens (primary N) is 1. The smallest absolute Gasteiger partial charge is 0.299 e. The summed E-state index contributed by atoms with van der Waals surface area (Å²) < 4.78 is 28.6. The van der Waals surface area contributed by atoms with Crippen LogP contribution in [0, 0.1) is 0 Å². The Kier molecular flexibility index (Phi) is 4.28. The van der Waals surface area contributed by atoms with Gasteiger partial charge in [0.2, 0.25) is 0 Å². The number of benzene rings is 1. The molecule has 12 heavy (non-hydrogen) atoms. The van der Waals surface area contributed by atoms with E-state index in [0.717, 1.165) is 5.69 Å². The number of rotatable bonds is 0. The minimum Gasteiger partial charge on any atom is -0.399 e. The highest BCUT2D eigenvalue weighted by Crippen LogP contribution is 1.95. The Hall–Kier alpha value is -1.10. The molecule has 0 aliphatic carbocycles. The summed E-state index contributed by atoms with van der Waals surface area (Å²) in [5.74, 6) is 0. The van der Waals surface area contributed by atoms with Gasteiger partial charge in [0.25, 0.3) is 10.2 Å². The van der Waals surface area contributed by atoms with E-state index in [2.05, 4.69) is 0 Å². The van der Waals surface area contributed by atoms with Crippen molar-refractivity contribution in [2.75, 3.05) is 12.0 Å². The first-order valence-electron chi connectivity index (χ1n) is 3.10. The highest BCUT2D eigenvalue weighted by Gasteiger charge is 1.86.